The number of rotatable bonds is 7. The fourth-order valence-corrected chi connectivity index (χ4v) is 2.09. The van der Waals surface area contributed by atoms with Crippen molar-refractivity contribution in [3.8, 4) is 0 Å². The van der Waals surface area contributed by atoms with Crippen molar-refractivity contribution in [2.24, 2.45) is 0 Å². The molecule has 0 spiro atoms. The van der Waals surface area contributed by atoms with Gasteiger partial charge in [-0.3, -0.25) is 0 Å². The summed E-state index contributed by atoms with van der Waals surface area (Å²) in [7, 11) is 0. The summed E-state index contributed by atoms with van der Waals surface area (Å²) in [6, 6.07) is 10.7. The number of benzene rings is 1. The molecule has 5 heteroatoms. The third kappa shape index (κ3) is 3.86. The van der Waals surface area contributed by atoms with Crippen molar-refractivity contribution in [3.05, 3.63) is 41.7 Å². The Labute approximate surface area is 114 Å². The summed E-state index contributed by atoms with van der Waals surface area (Å²) >= 11 is 0. The molecule has 1 atom stereocenters. The van der Waals surface area contributed by atoms with Gasteiger partial charge < -0.3 is 5.32 Å². The van der Waals surface area contributed by atoms with E-state index < -0.39 is 0 Å². The van der Waals surface area contributed by atoms with E-state index in [4.69, 9.17) is 0 Å². The van der Waals surface area contributed by atoms with Gasteiger partial charge in [-0.05, 0) is 42.3 Å². The molecule has 0 aliphatic heterocycles. The van der Waals surface area contributed by atoms with E-state index in [1.165, 1.54) is 5.56 Å². The molecule has 1 unspecified atom stereocenters. The van der Waals surface area contributed by atoms with Gasteiger partial charge in [-0.25, -0.2) is 4.68 Å². The first-order valence-corrected chi connectivity index (χ1v) is 6.82. The molecule has 102 valence electrons. The summed E-state index contributed by atoms with van der Waals surface area (Å²) in [4.78, 5) is 0. The molecule has 5 nitrogen and oxygen atoms in total. The second kappa shape index (κ2) is 6.99. The Morgan fingerprint density at radius 3 is 2.79 bits per heavy atom. The highest BCUT2D eigenvalue weighted by Gasteiger charge is 2.12. The van der Waals surface area contributed by atoms with Gasteiger partial charge in [-0.15, -0.1) is 5.10 Å². The SMILES string of the molecule is CCCNCc1nnnn1C(C)Cc1ccccc1. The Morgan fingerprint density at radius 2 is 2.05 bits per heavy atom. The average Bonchev–Trinajstić information content (AvgIpc) is 2.89. The summed E-state index contributed by atoms with van der Waals surface area (Å²) in [5.41, 5.74) is 1.30. The zero-order valence-electron chi connectivity index (χ0n) is 11.6. The van der Waals surface area contributed by atoms with Crippen molar-refractivity contribution in [3.63, 3.8) is 0 Å². The van der Waals surface area contributed by atoms with E-state index in [1.807, 2.05) is 10.7 Å². The number of aromatic nitrogens is 4. The van der Waals surface area contributed by atoms with Gasteiger partial charge in [0.05, 0.1) is 12.6 Å². The molecule has 2 rings (SSSR count). The largest absolute Gasteiger partial charge is 0.310 e. The van der Waals surface area contributed by atoms with E-state index in [0.29, 0.717) is 0 Å². The van der Waals surface area contributed by atoms with Gasteiger partial charge in [0.15, 0.2) is 5.82 Å². The van der Waals surface area contributed by atoms with Crippen molar-refractivity contribution in [2.75, 3.05) is 6.54 Å². The number of hydrogen-bond acceptors (Lipinski definition) is 4. The molecule has 0 aliphatic carbocycles. The maximum atomic E-state index is 4.11. The maximum absolute atomic E-state index is 4.11. The van der Waals surface area contributed by atoms with E-state index in [9.17, 15) is 0 Å². The highest BCUT2D eigenvalue weighted by molar-refractivity contribution is 5.15. The lowest BCUT2D eigenvalue weighted by Crippen LogP contribution is -2.20. The van der Waals surface area contributed by atoms with Gasteiger partial charge in [0.25, 0.3) is 0 Å². The van der Waals surface area contributed by atoms with E-state index in [2.05, 4.69) is 59.0 Å². The predicted molar refractivity (Wildman–Crippen MR) is 74.7 cm³/mol. The summed E-state index contributed by atoms with van der Waals surface area (Å²) in [5.74, 6) is 0.900. The topological polar surface area (TPSA) is 55.6 Å². The molecule has 0 fully saturated rings. The Hall–Kier alpha value is -1.75. The fourth-order valence-electron chi connectivity index (χ4n) is 2.09. The van der Waals surface area contributed by atoms with Crippen LogP contribution in [0.2, 0.25) is 0 Å². The Bertz CT molecular complexity index is 480. The van der Waals surface area contributed by atoms with Crippen LogP contribution >= 0.6 is 0 Å². The quantitative estimate of drug-likeness (QED) is 0.772. The molecule has 19 heavy (non-hydrogen) atoms. The Morgan fingerprint density at radius 1 is 1.26 bits per heavy atom. The van der Waals surface area contributed by atoms with Gasteiger partial charge >= 0.3 is 0 Å². The average molecular weight is 259 g/mol. The van der Waals surface area contributed by atoms with Crippen LogP contribution in [0.15, 0.2) is 30.3 Å². The molecule has 1 aromatic carbocycles. The summed E-state index contributed by atoms with van der Waals surface area (Å²) in [6.07, 6.45) is 2.05. The molecule has 0 aliphatic rings. The molecule has 2 aromatic rings. The minimum atomic E-state index is 0.260. The lowest BCUT2D eigenvalue weighted by Gasteiger charge is -2.13. The summed E-state index contributed by atoms with van der Waals surface area (Å²) in [5, 5.41) is 15.3. The van der Waals surface area contributed by atoms with Gasteiger partial charge in [0, 0.05) is 0 Å². The second-order valence-corrected chi connectivity index (χ2v) is 4.76. The van der Waals surface area contributed by atoms with Gasteiger partial charge in [0.2, 0.25) is 0 Å². The molecular formula is C14H21N5. The number of nitrogens with one attached hydrogen (secondary N) is 1. The van der Waals surface area contributed by atoms with E-state index >= 15 is 0 Å². The highest BCUT2D eigenvalue weighted by Crippen LogP contribution is 2.13. The minimum absolute atomic E-state index is 0.260. The van der Waals surface area contributed by atoms with Crippen LogP contribution in [0.4, 0.5) is 0 Å². The Balaban J connectivity index is 1.99. The first kappa shape index (κ1) is 13.7. The van der Waals surface area contributed by atoms with Crippen LogP contribution < -0.4 is 5.32 Å². The van der Waals surface area contributed by atoms with Gasteiger partial charge in [-0.2, -0.15) is 0 Å². The van der Waals surface area contributed by atoms with E-state index in [1.54, 1.807) is 0 Å². The standard InChI is InChI=1S/C14H21N5/c1-3-9-15-11-14-16-17-18-19(14)12(2)10-13-7-5-4-6-8-13/h4-8,12,15H,3,9-11H2,1-2H3. The van der Waals surface area contributed by atoms with Crippen LogP contribution in [0.1, 0.15) is 37.7 Å². The monoisotopic (exact) mass is 259 g/mol. The van der Waals surface area contributed by atoms with Crippen molar-refractivity contribution in [1.29, 1.82) is 0 Å². The second-order valence-electron chi connectivity index (χ2n) is 4.76. The van der Waals surface area contributed by atoms with Crippen molar-refractivity contribution >= 4 is 0 Å². The number of tetrazole rings is 1. The lowest BCUT2D eigenvalue weighted by atomic mass is 10.1. The zero-order valence-corrected chi connectivity index (χ0v) is 11.6. The maximum Gasteiger partial charge on any atom is 0.165 e. The Kier molecular flexibility index (Phi) is 5.03. The minimum Gasteiger partial charge on any atom is -0.310 e. The lowest BCUT2D eigenvalue weighted by molar-refractivity contribution is 0.448. The van der Waals surface area contributed by atoms with Crippen molar-refractivity contribution in [2.45, 2.75) is 39.3 Å². The molecule has 1 aromatic heterocycles. The third-order valence-corrected chi connectivity index (χ3v) is 3.06. The molecule has 1 heterocycles. The van der Waals surface area contributed by atoms with Crippen LogP contribution in [0, 0.1) is 0 Å². The zero-order chi connectivity index (χ0) is 13.5. The first-order chi connectivity index (χ1) is 9.31. The summed E-state index contributed by atoms with van der Waals surface area (Å²) < 4.78 is 1.91. The van der Waals surface area contributed by atoms with Crippen LogP contribution in [0.5, 0.6) is 0 Å². The highest BCUT2D eigenvalue weighted by atomic mass is 15.6. The molecule has 0 bridgehead atoms. The van der Waals surface area contributed by atoms with Crippen LogP contribution in [-0.2, 0) is 13.0 Å². The van der Waals surface area contributed by atoms with Crippen molar-refractivity contribution in [1.82, 2.24) is 25.5 Å². The van der Waals surface area contributed by atoms with Crippen molar-refractivity contribution < 1.29 is 0 Å². The van der Waals surface area contributed by atoms with E-state index in [0.717, 1.165) is 31.8 Å². The smallest absolute Gasteiger partial charge is 0.165 e. The third-order valence-electron chi connectivity index (χ3n) is 3.06. The normalized spacial score (nSPS) is 12.5. The molecule has 0 amide bonds. The first-order valence-electron chi connectivity index (χ1n) is 6.82. The molecule has 1 N–H and O–H groups in total. The van der Waals surface area contributed by atoms with E-state index in [-0.39, 0.29) is 6.04 Å². The van der Waals surface area contributed by atoms with Crippen LogP contribution in [-0.4, -0.2) is 26.8 Å². The summed E-state index contributed by atoms with van der Waals surface area (Å²) in [6.45, 7) is 6.00. The van der Waals surface area contributed by atoms with Crippen LogP contribution in [0.25, 0.3) is 0 Å². The van der Waals surface area contributed by atoms with Crippen LogP contribution in [0.3, 0.4) is 0 Å². The number of hydrogen-bond donors (Lipinski definition) is 1. The van der Waals surface area contributed by atoms with Gasteiger partial charge in [0.1, 0.15) is 0 Å². The number of nitrogens with zero attached hydrogens (tertiary/aromatic N) is 4. The molecular weight excluding hydrogens is 238 g/mol. The molecule has 0 saturated heterocycles. The van der Waals surface area contributed by atoms with Gasteiger partial charge in [-0.1, -0.05) is 37.3 Å². The molecule has 0 radical (unpaired) electrons. The predicted octanol–water partition coefficient (Wildman–Crippen LogP) is 1.98. The molecule has 0 saturated carbocycles. The fraction of sp³-hybridized carbons (Fsp3) is 0.500.